The average molecular weight is 374 g/mol. The van der Waals surface area contributed by atoms with Crippen LogP contribution >= 0.6 is 0 Å². The molecule has 1 atom stereocenters. The van der Waals surface area contributed by atoms with Crippen molar-refractivity contribution >= 4 is 27.9 Å². The Kier molecular flexibility index (Phi) is 5.54. The van der Waals surface area contributed by atoms with Gasteiger partial charge in [-0.2, -0.15) is 8.42 Å². The fraction of sp³-hybridized carbons (Fsp3) is 0.385. The van der Waals surface area contributed by atoms with Crippen LogP contribution < -0.4 is 0 Å². The van der Waals surface area contributed by atoms with Crippen LogP contribution in [0, 0.1) is 10.1 Å². The van der Waals surface area contributed by atoms with Crippen LogP contribution in [0.5, 0.6) is 0 Å². The maximum absolute atomic E-state index is 12.0. The first-order valence-corrected chi connectivity index (χ1v) is 8.30. The summed E-state index contributed by atoms with van der Waals surface area (Å²) >= 11 is 0. The zero-order valence-corrected chi connectivity index (χ0v) is 13.8. The molecule has 0 radical (unpaired) electrons. The van der Waals surface area contributed by atoms with Crippen molar-refractivity contribution in [2.24, 2.45) is 0 Å². The maximum Gasteiger partial charge on any atom is 0.410 e. The van der Waals surface area contributed by atoms with Crippen molar-refractivity contribution in [1.82, 2.24) is 4.90 Å². The van der Waals surface area contributed by atoms with E-state index in [0.29, 0.717) is 0 Å². The molecule has 11 nitrogen and oxygen atoms in total. The van der Waals surface area contributed by atoms with E-state index in [1.54, 1.807) is 0 Å². The first-order valence-electron chi connectivity index (χ1n) is 6.89. The number of ether oxygens (including phenoxy) is 2. The first-order chi connectivity index (χ1) is 11.7. The zero-order valence-electron chi connectivity index (χ0n) is 13.0. The van der Waals surface area contributed by atoms with Crippen LogP contribution in [0.15, 0.2) is 29.2 Å². The van der Waals surface area contributed by atoms with Crippen LogP contribution in [0.2, 0.25) is 0 Å². The fourth-order valence-electron chi connectivity index (χ4n) is 1.98. The predicted octanol–water partition coefficient (Wildman–Crippen LogP) is 0.294. The van der Waals surface area contributed by atoms with Gasteiger partial charge in [0.2, 0.25) is 0 Å². The fourth-order valence-corrected chi connectivity index (χ4v) is 2.92. The summed E-state index contributed by atoms with van der Waals surface area (Å²) in [7, 11) is -3.01. The molecule has 136 valence electrons. The Bertz CT molecular complexity index is 775. The molecule has 0 saturated carbocycles. The molecule has 1 amide bonds. The lowest BCUT2D eigenvalue weighted by Crippen LogP contribution is -2.32. The number of nitro benzene ring substituents is 1. The third kappa shape index (κ3) is 4.64. The van der Waals surface area contributed by atoms with Crippen LogP contribution in [0.4, 0.5) is 10.5 Å². The molecule has 1 aromatic carbocycles. The van der Waals surface area contributed by atoms with E-state index in [1.165, 1.54) is 7.11 Å². The number of carbonyl (C=O) groups excluding carboxylic acids is 2. The number of carbonyl (C=O) groups is 2. The summed E-state index contributed by atoms with van der Waals surface area (Å²) in [5.41, 5.74) is -0.262. The van der Waals surface area contributed by atoms with Gasteiger partial charge >= 0.3 is 12.1 Å². The molecule has 0 spiro atoms. The van der Waals surface area contributed by atoms with E-state index in [2.05, 4.69) is 4.74 Å². The molecule has 1 aromatic rings. The molecule has 0 N–H and O–H groups in total. The summed E-state index contributed by atoms with van der Waals surface area (Å²) in [6.07, 6.45) is -1.67. The summed E-state index contributed by atoms with van der Waals surface area (Å²) in [6, 6.07) is 4.14. The number of benzene rings is 1. The smallest absolute Gasteiger partial charge is 0.410 e. The lowest BCUT2D eigenvalue weighted by atomic mass is 10.3. The number of methoxy groups -OCH3 is 1. The van der Waals surface area contributed by atoms with Gasteiger partial charge in [-0.15, -0.1) is 0 Å². The number of rotatable bonds is 7. The minimum Gasteiger partial charge on any atom is -0.468 e. The van der Waals surface area contributed by atoms with Crippen molar-refractivity contribution in [3.8, 4) is 0 Å². The van der Waals surface area contributed by atoms with Gasteiger partial charge in [0, 0.05) is 12.1 Å². The molecule has 0 bridgehead atoms. The minimum atomic E-state index is -4.18. The molecule has 12 heteroatoms. The van der Waals surface area contributed by atoms with Crippen molar-refractivity contribution < 1.29 is 36.6 Å². The van der Waals surface area contributed by atoms with Gasteiger partial charge in [0.25, 0.3) is 15.8 Å². The van der Waals surface area contributed by atoms with Crippen LogP contribution in [-0.2, 0) is 28.6 Å². The Labute approximate surface area is 142 Å². The van der Waals surface area contributed by atoms with Gasteiger partial charge in [0.1, 0.15) is 19.3 Å². The highest BCUT2D eigenvalue weighted by molar-refractivity contribution is 7.86. The Morgan fingerprint density at radius 3 is 2.60 bits per heavy atom. The number of hydrogen-bond acceptors (Lipinski definition) is 9. The lowest BCUT2D eigenvalue weighted by molar-refractivity contribution is -0.384. The van der Waals surface area contributed by atoms with Crippen molar-refractivity contribution in [3.63, 3.8) is 0 Å². The van der Waals surface area contributed by atoms with E-state index in [0.717, 1.165) is 29.2 Å². The largest absolute Gasteiger partial charge is 0.468 e. The number of non-ortho nitro benzene ring substituents is 1. The molecule has 2 rings (SSSR count). The molecule has 0 unspecified atom stereocenters. The molecule has 1 fully saturated rings. The van der Waals surface area contributed by atoms with E-state index in [-0.39, 0.29) is 23.7 Å². The van der Waals surface area contributed by atoms with Gasteiger partial charge in [-0.25, -0.2) is 4.79 Å². The normalized spacial score (nSPS) is 17.2. The van der Waals surface area contributed by atoms with Crippen molar-refractivity contribution in [1.29, 1.82) is 0 Å². The highest BCUT2D eigenvalue weighted by Crippen LogP contribution is 2.19. The third-order valence-electron chi connectivity index (χ3n) is 3.24. The van der Waals surface area contributed by atoms with Gasteiger partial charge in [-0.3, -0.25) is 24.0 Å². The number of esters is 1. The second-order valence-corrected chi connectivity index (χ2v) is 6.57. The molecule has 1 aliphatic heterocycles. The summed E-state index contributed by atoms with van der Waals surface area (Å²) in [5.74, 6) is -0.642. The Balaban J connectivity index is 1.95. The zero-order chi connectivity index (χ0) is 18.6. The summed E-state index contributed by atoms with van der Waals surface area (Å²) in [6.45, 7) is -0.812. The van der Waals surface area contributed by atoms with E-state index in [1.807, 2.05) is 0 Å². The van der Waals surface area contributed by atoms with Gasteiger partial charge in [-0.1, -0.05) is 0 Å². The lowest BCUT2D eigenvalue weighted by Gasteiger charge is -2.11. The van der Waals surface area contributed by atoms with Crippen molar-refractivity contribution in [2.75, 3.05) is 26.8 Å². The molecule has 1 saturated heterocycles. The SMILES string of the molecule is COC(=O)CN1C[C@@H](COS(=O)(=O)c2ccc([N+](=O)[O-])cc2)OC1=O. The van der Waals surface area contributed by atoms with E-state index in [9.17, 15) is 28.1 Å². The van der Waals surface area contributed by atoms with Crippen molar-refractivity contribution in [2.45, 2.75) is 11.0 Å². The number of cyclic esters (lactones) is 1. The van der Waals surface area contributed by atoms with Crippen LogP contribution in [0.3, 0.4) is 0 Å². The second-order valence-electron chi connectivity index (χ2n) is 4.95. The summed E-state index contributed by atoms with van der Waals surface area (Å²) in [5, 5.41) is 10.6. The number of amides is 1. The van der Waals surface area contributed by atoms with E-state index in [4.69, 9.17) is 8.92 Å². The highest BCUT2D eigenvalue weighted by atomic mass is 32.2. The Hall–Kier alpha value is -2.73. The molecular formula is C13H14N2O9S. The predicted molar refractivity (Wildman–Crippen MR) is 80.1 cm³/mol. The maximum atomic E-state index is 12.0. The Morgan fingerprint density at radius 2 is 2.04 bits per heavy atom. The van der Waals surface area contributed by atoms with Crippen LogP contribution in [0.25, 0.3) is 0 Å². The molecule has 1 heterocycles. The Morgan fingerprint density at radius 1 is 1.40 bits per heavy atom. The third-order valence-corrected chi connectivity index (χ3v) is 4.54. The van der Waals surface area contributed by atoms with Gasteiger partial charge in [-0.05, 0) is 12.1 Å². The van der Waals surface area contributed by atoms with Crippen molar-refractivity contribution in [3.05, 3.63) is 34.4 Å². The summed E-state index contributed by atoms with van der Waals surface area (Å²) in [4.78, 5) is 33.4. The molecule has 1 aliphatic rings. The van der Waals surface area contributed by atoms with E-state index < -0.39 is 39.8 Å². The first kappa shape index (κ1) is 18.6. The number of nitrogens with zero attached hydrogens (tertiary/aromatic N) is 2. The van der Waals surface area contributed by atoms with E-state index >= 15 is 0 Å². The quantitative estimate of drug-likeness (QED) is 0.285. The van der Waals surface area contributed by atoms with Crippen LogP contribution in [0.1, 0.15) is 0 Å². The van der Waals surface area contributed by atoms with Gasteiger partial charge in [0.05, 0.1) is 23.5 Å². The molecule has 0 aliphatic carbocycles. The summed E-state index contributed by atoms with van der Waals surface area (Å²) < 4.78 is 38.2. The minimum absolute atomic E-state index is 0.0380. The topological polar surface area (TPSA) is 142 Å². The molecular weight excluding hydrogens is 360 g/mol. The van der Waals surface area contributed by atoms with Gasteiger partial charge in [0.15, 0.2) is 0 Å². The van der Waals surface area contributed by atoms with Gasteiger partial charge < -0.3 is 9.47 Å². The highest BCUT2D eigenvalue weighted by Gasteiger charge is 2.34. The average Bonchev–Trinajstić information content (AvgIpc) is 2.93. The monoisotopic (exact) mass is 374 g/mol. The standard InChI is InChI=1S/C13H14N2O9S/c1-22-12(16)7-14-6-10(24-13(14)17)8-23-25(20,21)11-4-2-9(3-5-11)15(18)19/h2-5,10H,6-8H2,1H3/t10-/m0/s1. The second kappa shape index (κ2) is 7.44. The number of nitro groups is 1. The van der Waals surface area contributed by atoms with Crippen LogP contribution in [-0.4, -0.2) is 63.2 Å². The molecule has 0 aromatic heterocycles. The molecule has 25 heavy (non-hydrogen) atoms. The number of hydrogen-bond donors (Lipinski definition) is 0.